The van der Waals surface area contributed by atoms with Gasteiger partial charge in [-0.2, -0.15) is 0 Å². The first-order chi connectivity index (χ1) is 6.75. The van der Waals surface area contributed by atoms with E-state index in [9.17, 15) is 4.79 Å². The van der Waals surface area contributed by atoms with E-state index in [1.165, 1.54) is 0 Å². The zero-order valence-corrected chi connectivity index (χ0v) is 7.87. The quantitative estimate of drug-likeness (QED) is 0.623. The largest absolute Gasteiger partial charge is 0.486 e. The highest BCUT2D eigenvalue weighted by atomic mass is 16.5. The number of benzene rings is 1. The lowest BCUT2D eigenvalue weighted by molar-refractivity contribution is 0.0960. The number of hydrogen-bond donors (Lipinski definition) is 0. The molecule has 0 saturated heterocycles. The van der Waals surface area contributed by atoms with Crippen LogP contribution in [-0.2, 0) is 6.42 Å². The number of carbonyl (C=O) groups excluding carboxylic acids is 1. The number of fused-ring (bicyclic) bond motifs is 3. The van der Waals surface area contributed by atoms with Crippen LogP contribution in [0.2, 0.25) is 0 Å². The van der Waals surface area contributed by atoms with E-state index < -0.39 is 0 Å². The van der Waals surface area contributed by atoms with E-state index in [2.05, 4.69) is 0 Å². The summed E-state index contributed by atoms with van der Waals surface area (Å²) in [6, 6.07) is 3.80. The zero-order valence-electron chi connectivity index (χ0n) is 7.87. The van der Waals surface area contributed by atoms with Crippen molar-refractivity contribution in [2.24, 2.45) is 0 Å². The molecule has 2 aliphatic rings. The van der Waals surface area contributed by atoms with Crippen LogP contribution >= 0.6 is 0 Å². The molecule has 0 amide bonds. The Kier molecular flexibility index (Phi) is 1.40. The van der Waals surface area contributed by atoms with Gasteiger partial charge in [-0.05, 0) is 13.0 Å². The van der Waals surface area contributed by atoms with Crippen molar-refractivity contribution in [2.45, 2.75) is 19.4 Å². The van der Waals surface area contributed by atoms with Gasteiger partial charge in [0.2, 0.25) is 5.78 Å². The normalized spacial score (nSPS) is 22.6. The lowest BCUT2D eigenvalue weighted by Gasteiger charge is -2.06. The minimum Gasteiger partial charge on any atom is -0.486 e. The Balaban J connectivity index is 2.19. The predicted molar refractivity (Wildman–Crippen MR) is 50.1 cm³/mol. The van der Waals surface area contributed by atoms with Gasteiger partial charge >= 0.3 is 0 Å². The van der Waals surface area contributed by atoms with Crippen molar-refractivity contribution in [3.8, 4) is 11.5 Å². The summed E-state index contributed by atoms with van der Waals surface area (Å²) in [5.74, 6) is 1.48. The van der Waals surface area contributed by atoms with Crippen LogP contribution in [0.4, 0.5) is 0 Å². The highest BCUT2D eigenvalue weighted by molar-refractivity contribution is 6.03. The molecule has 0 fully saturated rings. The summed E-state index contributed by atoms with van der Waals surface area (Å²) in [5, 5.41) is 0. The fraction of sp³-hybridized carbons (Fsp3) is 0.364. The van der Waals surface area contributed by atoms with Crippen LogP contribution in [0.5, 0.6) is 11.5 Å². The first-order valence-electron chi connectivity index (χ1n) is 4.74. The van der Waals surface area contributed by atoms with E-state index in [0.29, 0.717) is 11.3 Å². The molecule has 3 heteroatoms. The predicted octanol–water partition coefficient (Wildman–Crippen LogP) is 1.59. The van der Waals surface area contributed by atoms with E-state index in [4.69, 9.17) is 9.47 Å². The SMILES string of the molecule is CC1Cc2ccc3c(c2O1)OCC3=O. The van der Waals surface area contributed by atoms with E-state index in [1.807, 2.05) is 19.1 Å². The van der Waals surface area contributed by atoms with Crippen molar-refractivity contribution >= 4 is 5.78 Å². The number of hydrogen-bond acceptors (Lipinski definition) is 3. The maximum absolute atomic E-state index is 11.4. The molecule has 72 valence electrons. The summed E-state index contributed by atoms with van der Waals surface area (Å²) < 4.78 is 10.9. The Labute approximate surface area is 81.6 Å². The third-order valence-electron chi connectivity index (χ3n) is 2.67. The first kappa shape index (κ1) is 7.85. The van der Waals surface area contributed by atoms with Gasteiger partial charge in [-0.25, -0.2) is 0 Å². The summed E-state index contributed by atoms with van der Waals surface area (Å²) in [7, 11) is 0. The van der Waals surface area contributed by atoms with E-state index >= 15 is 0 Å². The Hall–Kier alpha value is -1.51. The molecule has 0 bridgehead atoms. The Morgan fingerprint density at radius 2 is 2.21 bits per heavy atom. The molecule has 0 radical (unpaired) electrons. The van der Waals surface area contributed by atoms with E-state index in [1.54, 1.807) is 0 Å². The van der Waals surface area contributed by atoms with Crippen molar-refractivity contribution in [1.82, 2.24) is 0 Å². The molecule has 0 aromatic heterocycles. The summed E-state index contributed by atoms with van der Waals surface area (Å²) in [5.41, 5.74) is 1.81. The zero-order chi connectivity index (χ0) is 9.71. The molecule has 1 unspecified atom stereocenters. The highest BCUT2D eigenvalue weighted by Gasteiger charge is 2.31. The molecule has 1 atom stereocenters. The molecular weight excluding hydrogens is 180 g/mol. The highest BCUT2D eigenvalue weighted by Crippen LogP contribution is 2.42. The van der Waals surface area contributed by atoms with Gasteiger partial charge in [-0.3, -0.25) is 4.79 Å². The minimum atomic E-state index is 0.0472. The van der Waals surface area contributed by atoms with Gasteiger partial charge in [0.1, 0.15) is 6.10 Å². The Morgan fingerprint density at radius 1 is 1.36 bits per heavy atom. The van der Waals surface area contributed by atoms with E-state index in [-0.39, 0.29) is 18.5 Å². The molecule has 14 heavy (non-hydrogen) atoms. The van der Waals surface area contributed by atoms with Crippen molar-refractivity contribution < 1.29 is 14.3 Å². The van der Waals surface area contributed by atoms with Crippen molar-refractivity contribution in [1.29, 1.82) is 0 Å². The van der Waals surface area contributed by atoms with Gasteiger partial charge in [0, 0.05) is 12.0 Å². The summed E-state index contributed by atoms with van der Waals surface area (Å²) >= 11 is 0. The molecule has 3 nitrogen and oxygen atoms in total. The van der Waals surface area contributed by atoms with Crippen molar-refractivity contribution in [2.75, 3.05) is 6.61 Å². The molecule has 0 spiro atoms. The van der Waals surface area contributed by atoms with Gasteiger partial charge in [0.05, 0.1) is 5.56 Å². The summed E-state index contributed by atoms with van der Waals surface area (Å²) in [4.78, 5) is 11.4. The standard InChI is InChI=1S/C11H10O3/c1-6-4-7-2-3-8-9(12)5-13-11(8)10(7)14-6/h2-3,6H,4-5H2,1H3. The van der Waals surface area contributed by atoms with Gasteiger partial charge in [0.15, 0.2) is 18.1 Å². The van der Waals surface area contributed by atoms with Gasteiger partial charge in [-0.1, -0.05) is 6.07 Å². The topological polar surface area (TPSA) is 35.5 Å². The smallest absolute Gasteiger partial charge is 0.204 e. The number of rotatable bonds is 0. The number of carbonyl (C=O) groups is 1. The molecule has 0 N–H and O–H groups in total. The Bertz CT molecular complexity index is 423. The van der Waals surface area contributed by atoms with Crippen LogP contribution in [0.1, 0.15) is 22.8 Å². The first-order valence-corrected chi connectivity index (χ1v) is 4.74. The molecule has 3 rings (SSSR count). The van der Waals surface area contributed by atoms with Gasteiger partial charge in [-0.15, -0.1) is 0 Å². The molecule has 2 heterocycles. The van der Waals surface area contributed by atoms with Crippen LogP contribution in [0.25, 0.3) is 0 Å². The molecule has 0 aliphatic carbocycles. The average Bonchev–Trinajstić information content (AvgIpc) is 2.68. The molecular formula is C11H10O3. The van der Waals surface area contributed by atoms with Crippen LogP contribution in [0.3, 0.4) is 0 Å². The Morgan fingerprint density at radius 3 is 3.07 bits per heavy atom. The van der Waals surface area contributed by atoms with Crippen LogP contribution < -0.4 is 9.47 Å². The third kappa shape index (κ3) is 0.895. The second kappa shape index (κ2) is 2.50. The summed E-state index contributed by atoms with van der Waals surface area (Å²) in [6.45, 7) is 2.17. The average molecular weight is 190 g/mol. The number of ether oxygens (including phenoxy) is 2. The minimum absolute atomic E-state index is 0.0472. The second-order valence-electron chi connectivity index (χ2n) is 3.77. The molecule has 1 aromatic carbocycles. The third-order valence-corrected chi connectivity index (χ3v) is 2.67. The monoisotopic (exact) mass is 190 g/mol. The van der Waals surface area contributed by atoms with Crippen LogP contribution in [-0.4, -0.2) is 18.5 Å². The lowest BCUT2D eigenvalue weighted by Crippen LogP contribution is -2.05. The summed E-state index contributed by atoms with van der Waals surface area (Å²) in [6.07, 6.45) is 1.09. The van der Waals surface area contributed by atoms with Gasteiger partial charge < -0.3 is 9.47 Å². The number of Topliss-reactive ketones (excluding diaryl/α,β-unsaturated/α-hetero) is 1. The maximum Gasteiger partial charge on any atom is 0.204 e. The fourth-order valence-corrected chi connectivity index (χ4v) is 2.02. The fourth-order valence-electron chi connectivity index (χ4n) is 2.02. The molecule has 2 aliphatic heterocycles. The van der Waals surface area contributed by atoms with Crippen LogP contribution in [0, 0.1) is 0 Å². The van der Waals surface area contributed by atoms with Crippen molar-refractivity contribution in [3.63, 3.8) is 0 Å². The van der Waals surface area contributed by atoms with E-state index in [0.717, 1.165) is 17.7 Å². The van der Waals surface area contributed by atoms with Crippen LogP contribution in [0.15, 0.2) is 12.1 Å². The van der Waals surface area contributed by atoms with Crippen molar-refractivity contribution in [3.05, 3.63) is 23.3 Å². The lowest BCUT2D eigenvalue weighted by atomic mass is 10.1. The number of ketones is 1. The van der Waals surface area contributed by atoms with Gasteiger partial charge in [0.25, 0.3) is 0 Å². The maximum atomic E-state index is 11.4. The second-order valence-corrected chi connectivity index (χ2v) is 3.77. The molecule has 1 aromatic rings. The molecule has 0 saturated carbocycles.